The van der Waals surface area contributed by atoms with Gasteiger partial charge in [0.2, 0.25) is 0 Å². The maximum Gasteiger partial charge on any atom is 0.199 e. The molecule has 26 heavy (non-hydrogen) atoms. The van der Waals surface area contributed by atoms with Gasteiger partial charge in [-0.2, -0.15) is 0 Å². The topological polar surface area (TPSA) is 32.9 Å². The van der Waals surface area contributed by atoms with Crippen molar-refractivity contribution >= 4 is 28.8 Å². The maximum absolute atomic E-state index is 13.5. The normalized spacial score (nSPS) is 14.0. The third-order valence-corrected chi connectivity index (χ3v) is 4.27. The molecule has 0 N–H and O–H groups in total. The SMILES string of the molecule is Fc1ccc(C2=NN(c3ccccc3)CN(c3ccccc3)[N]2)cc1Cl. The van der Waals surface area contributed by atoms with E-state index in [0.29, 0.717) is 18.1 Å². The number of rotatable bonds is 3. The van der Waals surface area contributed by atoms with Gasteiger partial charge in [0.25, 0.3) is 0 Å². The molecule has 129 valence electrons. The van der Waals surface area contributed by atoms with Crippen LogP contribution in [0.5, 0.6) is 0 Å². The summed E-state index contributed by atoms with van der Waals surface area (Å²) in [5, 5.41) is 8.38. The smallest absolute Gasteiger partial charge is 0.199 e. The van der Waals surface area contributed by atoms with Crippen molar-refractivity contribution in [1.82, 2.24) is 5.43 Å². The van der Waals surface area contributed by atoms with Crippen LogP contribution in [0, 0.1) is 5.82 Å². The Hall–Kier alpha value is -3.05. The largest absolute Gasteiger partial charge is 0.242 e. The first kappa shape index (κ1) is 16.4. The molecule has 1 radical (unpaired) electrons. The maximum atomic E-state index is 13.5. The number of hydrogen-bond acceptors (Lipinski definition) is 3. The molecule has 0 bridgehead atoms. The second kappa shape index (κ2) is 7.06. The Morgan fingerprint density at radius 1 is 0.808 bits per heavy atom. The van der Waals surface area contributed by atoms with Crippen LogP contribution in [-0.4, -0.2) is 12.5 Å². The molecule has 1 aliphatic heterocycles. The molecule has 0 saturated carbocycles. The molecule has 6 heteroatoms. The van der Waals surface area contributed by atoms with Crippen molar-refractivity contribution in [3.63, 3.8) is 0 Å². The van der Waals surface area contributed by atoms with Crippen LogP contribution in [0.1, 0.15) is 5.56 Å². The van der Waals surface area contributed by atoms with Crippen LogP contribution in [0.25, 0.3) is 0 Å². The fourth-order valence-corrected chi connectivity index (χ4v) is 2.85. The van der Waals surface area contributed by atoms with Crippen LogP contribution < -0.4 is 15.4 Å². The Labute approximate surface area is 156 Å². The van der Waals surface area contributed by atoms with Crippen LogP contribution in [0.3, 0.4) is 0 Å². The van der Waals surface area contributed by atoms with Crippen molar-refractivity contribution in [2.75, 3.05) is 16.7 Å². The first-order valence-corrected chi connectivity index (χ1v) is 8.49. The van der Waals surface area contributed by atoms with Gasteiger partial charge in [-0.05, 0) is 42.5 Å². The average molecular weight is 366 g/mol. The quantitative estimate of drug-likeness (QED) is 0.677. The van der Waals surface area contributed by atoms with E-state index >= 15 is 0 Å². The minimum Gasteiger partial charge on any atom is -0.242 e. The van der Waals surface area contributed by atoms with Gasteiger partial charge in [0.05, 0.1) is 16.4 Å². The van der Waals surface area contributed by atoms with E-state index in [4.69, 9.17) is 11.6 Å². The van der Waals surface area contributed by atoms with Crippen molar-refractivity contribution in [2.45, 2.75) is 0 Å². The highest BCUT2D eigenvalue weighted by molar-refractivity contribution is 6.31. The Kier molecular flexibility index (Phi) is 4.46. The molecule has 0 saturated heterocycles. The highest BCUT2D eigenvalue weighted by atomic mass is 35.5. The van der Waals surface area contributed by atoms with Crippen LogP contribution in [0.15, 0.2) is 84.0 Å². The molecular formula is C20H15ClFN4. The molecule has 0 unspecified atom stereocenters. The van der Waals surface area contributed by atoms with Crippen LogP contribution in [0.4, 0.5) is 15.8 Å². The average Bonchev–Trinajstić information content (AvgIpc) is 2.71. The zero-order valence-electron chi connectivity index (χ0n) is 13.8. The number of nitrogens with zero attached hydrogens (tertiary/aromatic N) is 4. The standard InChI is InChI=1S/C20H15ClFN4/c21-18-13-15(11-12-19(18)22)20-23-25(16-7-3-1-4-8-16)14-26(24-20)17-9-5-2-6-10-17/h1-13H,14H2. The third kappa shape index (κ3) is 3.34. The Balaban J connectivity index is 1.75. The number of para-hydroxylation sites is 2. The van der Waals surface area contributed by atoms with E-state index in [1.165, 1.54) is 12.1 Å². The van der Waals surface area contributed by atoms with Crippen LogP contribution in [0.2, 0.25) is 5.02 Å². The summed E-state index contributed by atoms with van der Waals surface area (Å²) in [7, 11) is 0. The fourth-order valence-electron chi connectivity index (χ4n) is 2.67. The summed E-state index contributed by atoms with van der Waals surface area (Å²) in [5.41, 5.74) is 7.16. The molecule has 1 aliphatic rings. The van der Waals surface area contributed by atoms with Gasteiger partial charge in [-0.25, -0.2) is 14.4 Å². The summed E-state index contributed by atoms with van der Waals surface area (Å²) in [6, 6.07) is 24.1. The van der Waals surface area contributed by atoms with Gasteiger partial charge in [-0.15, -0.1) is 10.5 Å². The lowest BCUT2D eigenvalue weighted by Gasteiger charge is -2.34. The fraction of sp³-hybridized carbons (Fsp3) is 0.0500. The molecule has 0 atom stereocenters. The van der Waals surface area contributed by atoms with Crippen molar-refractivity contribution in [3.8, 4) is 0 Å². The molecule has 4 nitrogen and oxygen atoms in total. The lowest BCUT2D eigenvalue weighted by atomic mass is 10.2. The summed E-state index contributed by atoms with van der Waals surface area (Å²) < 4.78 is 13.5. The first-order valence-electron chi connectivity index (χ1n) is 8.11. The molecule has 3 aromatic rings. The minimum atomic E-state index is -0.466. The predicted octanol–water partition coefficient (Wildman–Crippen LogP) is 4.64. The van der Waals surface area contributed by atoms with Gasteiger partial charge in [0, 0.05) is 5.56 Å². The summed E-state index contributed by atoms with van der Waals surface area (Å²) >= 11 is 5.94. The van der Waals surface area contributed by atoms with E-state index in [2.05, 4.69) is 10.5 Å². The summed E-state index contributed by atoms with van der Waals surface area (Å²) in [4.78, 5) is 0. The van der Waals surface area contributed by atoms with E-state index in [9.17, 15) is 4.39 Å². The zero-order valence-corrected chi connectivity index (χ0v) is 14.5. The van der Waals surface area contributed by atoms with Crippen LogP contribution in [-0.2, 0) is 0 Å². The van der Waals surface area contributed by atoms with E-state index < -0.39 is 5.82 Å². The summed E-state index contributed by atoms with van der Waals surface area (Å²) in [6.45, 7) is 0.465. The van der Waals surface area contributed by atoms with Gasteiger partial charge >= 0.3 is 0 Å². The second-order valence-corrected chi connectivity index (χ2v) is 6.17. The lowest BCUT2D eigenvalue weighted by Crippen LogP contribution is -2.48. The highest BCUT2D eigenvalue weighted by Crippen LogP contribution is 2.23. The van der Waals surface area contributed by atoms with E-state index in [1.54, 1.807) is 6.07 Å². The number of halogens is 2. The van der Waals surface area contributed by atoms with E-state index in [0.717, 1.165) is 11.4 Å². The Morgan fingerprint density at radius 2 is 1.42 bits per heavy atom. The minimum absolute atomic E-state index is 0.0449. The summed E-state index contributed by atoms with van der Waals surface area (Å²) in [5.74, 6) is -0.00230. The monoisotopic (exact) mass is 365 g/mol. The first-order chi connectivity index (χ1) is 12.7. The van der Waals surface area contributed by atoms with Gasteiger partial charge in [0.15, 0.2) is 5.84 Å². The lowest BCUT2D eigenvalue weighted by molar-refractivity contribution is 0.627. The van der Waals surface area contributed by atoms with Crippen molar-refractivity contribution in [2.24, 2.45) is 5.10 Å². The molecule has 0 spiro atoms. The van der Waals surface area contributed by atoms with Crippen LogP contribution >= 0.6 is 11.6 Å². The van der Waals surface area contributed by atoms with Gasteiger partial charge in [-0.3, -0.25) is 0 Å². The number of anilines is 2. The van der Waals surface area contributed by atoms with E-state index in [1.807, 2.05) is 70.7 Å². The Morgan fingerprint density at radius 3 is 2.04 bits per heavy atom. The van der Waals surface area contributed by atoms with Gasteiger partial charge in [0.1, 0.15) is 12.5 Å². The number of benzene rings is 3. The molecule has 4 rings (SSSR count). The molecule has 0 aliphatic carbocycles. The molecule has 3 aromatic carbocycles. The zero-order chi connectivity index (χ0) is 17.9. The van der Waals surface area contributed by atoms with E-state index in [-0.39, 0.29) is 5.02 Å². The number of hydrazone groups is 1. The molecule has 0 amide bonds. The second-order valence-electron chi connectivity index (χ2n) is 5.76. The molecule has 0 fully saturated rings. The van der Waals surface area contributed by atoms with Crippen molar-refractivity contribution < 1.29 is 4.39 Å². The highest BCUT2D eigenvalue weighted by Gasteiger charge is 2.23. The summed E-state index contributed by atoms with van der Waals surface area (Å²) in [6.07, 6.45) is 0. The Bertz CT molecular complexity index is 931. The van der Waals surface area contributed by atoms with Gasteiger partial charge in [-0.1, -0.05) is 48.0 Å². The van der Waals surface area contributed by atoms with Crippen molar-refractivity contribution in [3.05, 3.63) is 95.3 Å². The third-order valence-electron chi connectivity index (χ3n) is 3.99. The van der Waals surface area contributed by atoms with Crippen molar-refractivity contribution in [1.29, 1.82) is 0 Å². The number of amidine groups is 1. The molecule has 1 heterocycles. The number of hydrogen-bond donors (Lipinski definition) is 0. The molecule has 0 aromatic heterocycles. The molecular weight excluding hydrogens is 351 g/mol. The predicted molar refractivity (Wildman–Crippen MR) is 103 cm³/mol. The van der Waals surface area contributed by atoms with Gasteiger partial charge < -0.3 is 0 Å².